The molecule has 1 aliphatic heterocycles. The van der Waals surface area contributed by atoms with Crippen LogP contribution in [0, 0.1) is 11.7 Å². The average Bonchev–Trinajstić information content (AvgIpc) is 2.78. The number of carbonyl (C=O) groups excluding carboxylic acids is 3. The Labute approximate surface area is 108 Å². The van der Waals surface area contributed by atoms with Crippen molar-refractivity contribution in [3.63, 3.8) is 0 Å². The Morgan fingerprint density at radius 1 is 1.42 bits per heavy atom. The summed E-state index contributed by atoms with van der Waals surface area (Å²) in [7, 11) is 0. The first kappa shape index (κ1) is 13.0. The van der Waals surface area contributed by atoms with Gasteiger partial charge in [0.2, 0.25) is 17.7 Å². The summed E-state index contributed by atoms with van der Waals surface area (Å²) >= 11 is 0. The number of rotatable bonds is 3. The highest BCUT2D eigenvalue weighted by atomic mass is 19.1. The number of nitrogens with one attached hydrogen (secondary N) is 2. The smallest absolute Gasteiger partial charge is 0.248 e. The van der Waals surface area contributed by atoms with Crippen LogP contribution in [-0.4, -0.2) is 24.3 Å². The molecule has 1 aromatic carbocycles. The van der Waals surface area contributed by atoms with Gasteiger partial charge in [-0.15, -0.1) is 0 Å². The molecule has 1 atom stereocenters. The summed E-state index contributed by atoms with van der Waals surface area (Å²) in [4.78, 5) is 33.8. The van der Waals surface area contributed by atoms with Crippen LogP contribution in [0.3, 0.4) is 0 Å². The molecule has 3 amide bonds. The number of hydrogen-bond donors (Lipinski definition) is 3. The van der Waals surface area contributed by atoms with Crippen molar-refractivity contribution in [1.29, 1.82) is 0 Å². The van der Waals surface area contributed by atoms with Gasteiger partial charge in [0.25, 0.3) is 0 Å². The second-order valence-electron chi connectivity index (χ2n) is 4.25. The highest BCUT2D eigenvalue weighted by molar-refractivity contribution is 5.99. The maximum Gasteiger partial charge on any atom is 0.248 e. The fourth-order valence-corrected chi connectivity index (χ4v) is 1.80. The Morgan fingerprint density at radius 2 is 2.16 bits per heavy atom. The minimum atomic E-state index is -0.715. The first-order valence-corrected chi connectivity index (χ1v) is 5.64. The van der Waals surface area contributed by atoms with E-state index >= 15 is 0 Å². The van der Waals surface area contributed by atoms with E-state index in [1.165, 1.54) is 12.1 Å². The molecule has 1 aliphatic rings. The van der Waals surface area contributed by atoms with Crippen LogP contribution in [0.1, 0.15) is 16.8 Å². The molecule has 0 aromatic heterocycles. The van der Waals surface area contributed by atoms with E-state index in [2.05, 4.69) is 10.6 Å². The van der Waals surface area contributed by atoms with Gasteiger partial charge in [0.1, 0.15) is 5.82 Å². The van der Waals surface area contributed by atoms with E-state index in [1.807, 2.05) is 0 Å². The molecule has 19 heavy (non-hydrogen) atoms. The van der Waals surface area contributed by atoms with Gasteiger partial charge >= 0.3 is 0 Å². The largest absolute Gasteiger partial charge is 0.366 e. The highest BCUT2D eigenvalue weighted by Crippen LogP contribution is 2.18. The maximum atomic E-state index is 13.5. The van der Waals surface area contributed by atoms with E-state index in [4.69, 9.17) is 5.73 Å². The summed E-state index contributed by atoms with van der Waals surface area (Å²) in [5.74, 6) is -2.61. The molecule has 100 valence electrons. The zero-order chi connectivity index (χ0) is 14.0. The van der Waals surface area contributed by atoms with Crippen LogP contribution in [0.5, 0.6) is 0 Å². The van der Waals surface area contributed by atoms with Gasteiger partial charge in [-0.05, 0) is 18.2 Å². The molecule has 7 heteroatoms. The van der Waals surface area contributed by atoms with Gasteiger partial charge in [0.05, 0.1) is 11.6 Å². The topological polar surface area (TPSA) is 101 Å². The van der Waals surface area contributed by atoms with E-state index in [9.17, 15) is 18.8 Å². The van der Waals surface area contributed by atoms with Crippen molar-refractivity contribution in [3.8, 4) is 0 Å². The number of hydrogen-bond acceptors (Lipinski definition) is 3. The molecule has 1 saturated heterocycles. The van der Waals surface area contributed by atoms with Crippen LogP contribution >= 0.6 is 0 Å². The van der Waals surface area contributed by atoms with E-state index in [-0.39, 0.29) is 30.1 Å². The Hall–Kier alpha value is -2.44. The second-order valence-corrected chi connectivity index (χ2v) is 4.25. The van der Waals surface area contributed by atoms with Crippen LogP contribution in [0.4, 0.5) is 10.1 Å². The fourth-order valence-electron chi connectivity index (χ4n) is 1.80. The second kappa shape index (κ2) is 5.05. The van der Waals surface area contributed by atoms with Crippen molar-refractivity contribution in [2.75, 3.05) is 11.9 Å². The van der Waals surface area contributed by atoms with Gasteiger partial charge in [0, 0.05) is 18.5 Å². The quantitative estimate of drug-likeness (QED) is 0.716. The molecule has 2 rings (SSSR count). The molecule has 1 aromatic rings. The van der Waals surface area contributed by atoms with Gasteiger partial charge in [-0.25, -0.2) is 4.39 Å². The number of benzene rings is 1. The standard InChI is InChI=1S/C12H12FN3O3/c13-8-2-1-6(11(14)18)3-9(8)16-12(19)7-4-10(17)15-5-7/h1-3,7H,4-5H2,(H2,14,18)(H,15,17)(H,16,19). The first-order valence-electron chi connectivity index (χ1n) is 5.64. The minimum Gasteiger partial charge on any atom is -0.366 e. The lowest BCUT2D eigenvalue weighted by atomic mass is 10.1. The molecule has 0 aliphatic carbocycles. The van der Waals surface area contributed by atoms with Gasteiger partial charge in [-0.2, -0.15) is 0 Å². The van der Waals surface area contributed by atoms with Crippen molar-refractivity contribution in [1.82, 2.24) is 5.32 Å². The lowest BCUT2D eigenvalue weighted by Gasteiger charge is -2.10. The predicted molar refractivity (Wildman–Crippen MR) is 64.7 cm³/mol. The molecule has 0 saturated carbocycles. The summed E-state index contributed by atoms with van der Waals surface area (Å²) in [5, 5.41) is 4.87. The summed E-state index contributed by atoms with van der Waals surface area (Å²) in [6.07, 6.45) is 0.0724. The van der Waals surface area contributed by atoms with Crippen molar-refractivity contribution in [2.24, 2.45) is 11.7 Å². The zero-order valence-electron chi connectivity index (χ0n) is 9.90. The molecule has 0 radical (unpaired) electrons. The third-order valence-corrected chi connectivity index (χ3v) is 2.86. The van der Waals surface area contributed by atoms with Crippen molar-refractivity contribution in [3.05, 3.63) is 29.6 Å². The Morgan fingerprint density at radius 3 is 2.74 bits per heavy atom. The molecular formula is C12H12FN3O3. The van der Waals surface area contributed by atoms with E-state index in [1.54, 1.807) is 0 Å². The van der Waals surface area contributed by atoms with Crippen LogP contribution in [0.15, 0.2) is 18.2 Å². The molecule has 6 nitrogen and oxygen atoms in total. The number of primary amides is 1. The predicted octanol–water partition coefficient (Wildman–Crippen LogP) is -0.000800. The minimum absolute atomic E-state index is 0.0724. The first-order chi connectivity index (χ1) is 8.97. The molecule has 1 fully saturated rings. The van der Waals surface area contributed by atoms with Crippen LogP contribution in [-0.2, 0) is 9.59 Å². The number of nitrogens with two attached hydrogens (primary N) is 1. The number of halogens is 1. The van der Waals surface area contributed by atoms with E-state index in [0.29, 0.717) is 0 Å². The summed E-state index contributed by atoms with van der Waals surface area (Å²) in [6.45, 7) is 0.224. The normalized spacial score (nSPS) is 17.9. The van der Waals surface area contributed by atoms with Crippen LogP contribution in [0.2, 0.25) is 0 Å². The van der Waals surface area contributed by atoms with Gasteiger partial charge in [-0.1, -0.05) is 0 Å². The summed E-state index contributed by atoms with van der Waals surface area (Å²) < 4.78 is 13.5. The summed E-state index contributed by atoms with van der Waals surface area (Å²) in [6, 6.07) is 3.45. The number of anilines is 1. The summed E-state index contributed by atoms with van der Waals surface area (Å²) in [5.41, 5.74) is 5.05. The SMILES string of the molecule is NC(=O)c1ccc(F)c(NC(=O)C2CNC(=O)C2)c1. The van der Waals surface area contributed by atoms with E-state index < -0.39 is 23.5 Å². The third kappa shape index (κ3) is 2.87. The molecular weight excluding hydrogens is 253 g/mol. The molecule has 4 N–H and O–H groups in total. The number of carbonyl (C=O) groups is 3. The van der Waals surface area contributed by atoms with Gasteiger partial charge in [-0.3, -0.25) is 14.4 Å². The lowest BCUT2D eigenvalue weighted by Crippen LogP contribution is -2.25. The Kier molecular flexibility index (Phi) is 3.46. The monoisotopic (exact) mass is 265 g/mol. The third-order valence-electron chi connectivity index (χ3n) is 2.86. The van der Waals surface area contributed by atoms with Gasteiger partial charge < -0.3 is 16.4 Å². The highest BCUT2D eigenvalue weighted by Gasteiger charge is 2.28. The molecule has 0 spiro atoms. The van der Waals surface area contributed by atoms with Crippen molar-refractivity contribution < 1.29 is 18.8 Å². The molecule has 1 heterocycles. The van der Waals surface area contributed by atoms with Crippen molar-refractivity contribution in [2.45, 2.75) is 6.42 Å². The maximum absolute atomic E-state index is 13.5. The Balaban J connectivity index is 2.14. The molecule has 0 bridgehead atoms. The Bertz CT molecular complexity index is 559. The zero-order valence-corrected chi connectivity index (χ0v) is 9.90. The fraction of sp³-hybridized carbons (Fsp3) is 0.250. The number of amides is 3. The van der Waals surface area contributed by atoms with Crippen LogP contribution < -0.4 is 16.4 Å². The van der Waals surface area contributed by atoms with Crippen molar-refractivity contribution >= 4 is 23.4 Å². The van der Waals surface area contributed by atoms with Gasteiger partial charge in [0.15, 0.2) is 0 Å². The lowest BCUT2D eigenvalue weighted by molar-refractivity contribution is -0.123. The van der Waals surface area contributed by atoms with E-state index in [0.717, 1.165) is 6.07 Å². The molecule has 1 unspecified atom stereocenters. The average molecular weight is 265 g/mol. The van der Waals surface area contributed by atoms with Crippen LogP contribution in [0.25, 0.3) is 0 Å².